The molecule has 2 rings (SSSR count). The molecule has 0 unspecified atom stereocenters. The molecule has 0 bridgehead atoms. The number of carbonyl (C=O) groups is 1. The number of nitrogen functional groups attached to an aromatic ring is 1. The Kier molecular flexibility index (Phi) is 3.62. The highest BCUT2D eigenvalue weighted by Gasteiger charge is 2.10. The molecule has 18 heavy (non-hydrogen) atoms. The molecule has 0 spiro atoms. The first-order chi connectivity index (χ1) is 8.66. The van der Waals surface area contributed by atoms with E-state index in [1.165, 1.54) is 18.2 Å². The Morgan fingerprint density at radius 1 is 1.33 bits per heavy atom. The molecule has 0 aliphatic carbocycles. The molecule has 0 saturated carbocycles. The van der Waals surface area contributed by atoms with Crippen LogP contribution in [0.1, 0.15) is 12.2 Å². The molecule has 0 radical (unpaired) electrons. The number of para-hydroxylation sites is 1. The number of aryl methyl sites for hydroxylation is 1. The van der Waals surface area contributed by atoms with Crippen molar-refractivity contribution in [1.29, 1.82) is 0 Å². The van der Waals surface area contributed by atoms with Crippen LogP contribution in [0.2, 0.25) is 0 Å². The van der Waals surface area contributed by atoms with Gasteiger partial charge in [0.1, 0.15) is 17.3 Å². The van der Waals surface area contributed by atoms with Crippen molar-refractivity contribution >= 4 is 17.3 Å². The average molecular weight is 248 g/mol. The Morgan fingerprint density at radius 2 is 2.17 bits per heavy atom. The van der Waals surface area contributed by atoms with Crippen LogP contribution in [0, 0.1) is 5.82 Å². The molecule has 0 aliphatic heterocycles. The fourth-order valence-corrected chi connectivity index (χ4v) is 1.57. The van der Waals surface area contributed by atoms with Crippen LogP contribution in [-0.2, 0) is 11.2 Å². The Bertz CT molecular complexity index is 518. The summed E-state index contributed by atoms with van der Waals surface area (Å²) in [5.41, 5.74) is 5.83. The van der Waals surface area contributed by atoms with Crippen LogP contribution in [0.25, 0.3) is 0 Å². The molecule has 0 saturated heterocycles. The van der Waals surface area contributed by atoms with Gasteiger partial charge in [0.25, 0.3) is 0 Å². The lowest BCUT2D eigenvalue weighted by Gasteiger charge is -2.08. The monoisotopic (exact) mass is 248 g/mol. The number of carbonyl (C=O) groups excluding carboxylic acids is 1. The Balaban J connectivity index is 1.95. The summed E-state index contributed by atoms with van der Waals surface area (Å²) in [7, 11) is 0. The molecule has 1 amide bonds. The van der Waals surface area contributed by atoms with Gasteiger partial charge in [-0.2, -0.15) is 0 Å². The maximum atomic E-state index is 13.4. The molecule has 3 N–H and O–H groups in total. The quantitative estimate of drug-likeness (QED) is 0.817. The van der Waals surface area contributed by atoms with Gasteiger partial charge in [0.15, 0.2) is 0 Å². The summed E-state index contributed by atoms with van der Waals surface area (Å²) >= 11 is 0. The van der Waals surface area contributed by atoms with E-state index in [1.54, 1.807) is 18.4 Å². The molecule has 5 heteroatoms. The summed E-state index contributed by atoms with van der Waals surface area (Å²) in [4.78, 5) is 11.6. The van der Waals surface area contributed by atoms with Gasteiger partial charge in [0.05, 0.1) is 12.0 Å². The third kappa shape index (κ3) is 2.88. The number of anilines is 2. The van der Waals surface area contributed by atoms with E-state index in [-0.39, 0.29) is 23.7 Å². The number of benzene rings is 1. The molecule has 2 aromatic rings. The number of halogens is 1. The number of rotatable bonds is 4. The predicted octanol–water partition coefficient (Wildman–Crippen LogP) is 2.57. The zero-order chi connectivity index (χ0) is 13.0. The van der Waals surface area contributed by atoms with Crippen LogP contribution in [0.3, 0.4) is 0 Å². The Morgan fingerprint density at radius 3 is 2.83 bits per heavy atom. The van der Waals surface area contributed by atoms with E-state index in [1.807, 2.05) is 0 Å². The second-order valence-electron chi connectivity index (χ2n) is 3.83. The van der Waals surface area contributed by atoms with Gasteiger partial charge in [-0.1, -0.05) is 6.07 Å². The number of hydrogen-bond acceptors (Lipinski definition) is 3. The van der Waals surface area contributed by atoms with Gasteiger partial charge in [-0.25, -0.2) is 4.39 Å². The van der Waals surface area contributed by atoms with Crippen molar-refractivity contribution < 1.29 is 13.6 Å². The molecule has 0 atom stereocenters. The van der Waals surface area contributed by atoms with Gasteiger partial charge >= 0.3 is 0 Å². The highest BCUT2D eigenvalue weighted by atomic mass is 19.1. The largest absolute Gasteiger partial charge is 0.469 e. The molecule has 0 fully saturated rings. The molecule has 1 heterocycles. The number of amides is 1. The van der Waals surface area contributed by atoms with Gasteiger partial charge in [-0.3, -0.25) is 4.79 Å². The SMILES string of the molecule is Nc1cccc(F)c1NC(=O)CCc1ccco1. The lowest BCUT2D eigenvalue weighted by atomic mass is 10.2. The first-order valence-corrected chi connectivity index (χ1v) is 5.53. The average Bonchev–Trinajstić information content (AvgIpc) is 2.84. The maximum absolute atomic E-state index is 13.4. The smallest absolute Gasteiger partial charge is 0.224 e. The molecule has 94 valence electrons. The van der Waals surface area contributed by atoms with Crippen LogP contribution in [0.4, 0.5) is 15.8 Å². The predicted molar refractivity (Wildman–Crippen MR) is 66.5 cm³/mol. The van der Waals surface area contributed by atoms with Crippen LogP contribution < -0.4 is 11.1 Å². The van der Waals surface area contributed by atoms with Crippen LogP contribution >= 0.6 is 0 Å². The zero-order valence-corrected chi connectivity index (χ0v) is 9.65. The van der Waals surface area contributed by atoms with E-state index in [0.29, 0.717) is 12.2 Å². The van der Waals surface area contributed by atoms with Crippen LogP contribution in [0.5, 0.6) is 0 Å². The summed E-state index contributed by atoms with van der Waals surface area (Å²) in [6.45, 7) is 0. The van der Waals surface area contributed by atoms with Crippen molar-refractivity contribution in [3.05, 3.63) is 48.2 Å². The van der Waals surface area contributed by atoms with Crippen molar-refractivity contribution in [2.45, 2.75) is 12.8 Å². The molecule has 1 aromatic heterocycles. The first kappa shape index (κ1) is 12.2. The zero-order valence-electron chi connectivity index (χ0n) is 9.65. The minimum absolute atomic E-state index is 0.0296. The molecular weight excluding hydrogens is 235 g/mol. The van der Waals surface area contributed by atoms with Gasteiger partial charge < -0.3 is 15.5 Å². The fourth-order valence-electron chi connectivity index (χ4n) is 1.57. The van der Waals surface area contributed by atoms with E-state index in [2.05, 4.69) is 5.32 Å². The summed E-state index contributed by atoms with van der Waals surface area (Å²) < 4.78 is 18.5. The molecule has 4 nitrogen and oxygen atoms in total. The lowest BCUT2D eigenvalue weighted by Crippen LogP contribution is -2.14. The van der Waals surface area contributed by atoms with Crippen molar-refractivity contribution in [2.24, 2.45) is 0 Å². The van der Waals surface area contributed by atoms with Crippen molar-refractivity contribution in [1.82, 2.24) is 0 Å². The minimum atomic E-state index is -0.540. The summed E-state index contributed by atoms with van der Waals surface area (Å²) in [5, 5.41) is 2.46. The van der Waals surface area contributed by atoms with E-state index in [9.17, 15) is 9.18 Å². The van der Waals surface area contributed by atoms with E-state index in [4.69, 9.17) is 10.2 Å². The molecular formula is C13H13FN2O2. The van der Waals surface area contributed by atoms with E-state index >= 15 is 0 Å². The van der Waals surface area contributed by atoms with Crippen molar-refractivity contribution in [2.75, 3.05) is 11.1 Å². The second-order valence-corrected chi connectivity index (χ2v) is 3.83. The Labute approximate surface area is 104 Å². The Hall–Kier alpha value is -2.30. The number of hydrogen-bond donors (Lipinski definition) is 2. The summed E-state index contributed by atoms with van der Waals surface area (Å²) in [6.07, 6.45) is 2.22. The van der Waals surface area contributed by atoms with Crippen molar-refractivity contribution in [3.63, 3.8) is 0 Å². The fraction of sp³-hybridized carbons (Fsp3) is 0.154. The highest BCUT2D eigenvalue weighted by Crippen LogP contribution is 2.21. The first-order valence-electron chi connectivity index (χ1n) is 5.53. The van der Waals surface area contributed by atoms with Gasteiger partial charge in [0, 0.05) is 12.8 Å². The standard InChI is InChI=1S/C13H13FN2O2/c14-10-4-1-5-11(15)13(10)16-12(17)7-6-9-3-2-8-18-9/h1-5,8H,6-7,15H2,(H,16,17). The lowest BCUT2D eigenvalue weighted by molar-refractivity contribution is -0.116. The number of furan rings is 1. The van der Waals surface area contributed by atoms with E-state index in [0.717, 1.165) is 0 Å². The van der Waals surface area contributed by atoms with Crippen LogP contribution in [-0.4, -0.2) is 5.91 Å². The van der Waals surface area contributed by atoms with Crippen molar-refractivity contribution in [3.8, 4) is 0 Å². The number of nitrogens with one attached hydrogen (secondary N) is 1. The number of nitrogens with two attached hydrogens (primary N) is 1. The maximum Gasteiger partial charge on any atom is 0.224 e. The van der Waals surface area contributed by atoms with Gasteiger partial charge in [0.2, 0.25) is 5.91 Å². The topological polar surface area (TPSA) is 68.3 Å². The summed E-state index contributed by atoms with van der Waals surface area (Å²) in [6, 6.07) is 7.81. The van der Waals surface area contributed by atoms with Crippen LogP contribution in [0.15, 0.2) is 41.0 Å². The summed E-state index contributed by atoms with van der Waals surface area (Å²) in [5.74, 6) is -0.129. The minimum Gasteiger partial charge on any atom is -0.469 e. The normalized spacial score (nSPS) is 10.3. The van der Waals surface area contributed by atoms with E-state index < -0.39 is 5.82 Å². The van der Waals surface area contributed by atoms with Gasteiger partial charge in [-0.05, 0) is 24.3 Å². The molecule has 1 aromatic carbocycles. The molecule has 0 aliphatic rings. The third-order valence-corrected chi connectivity index (χ3v) is 2.49. The second kappa shape index (κ2) is 5.35. The van der Waals surface area contributed by atoms with Gasteiger partial charge in [-0.15, -0.1) is 0 Å². The third-order valence-electron chi connectivity index (χ3n) is 2.49. The highest BCUT2D eigenvalue weighted by molar-refractivity contribution is 5.94.